The number of nitrogens with one attached hydrogen (secondary N) is 2. The van der Waals surface area contributed by atoms with E-state index in [1.807, 2.05) is 18.0 Å². The van der Waals surface area contributed by atoms with Crippen molar-refractivity contribution in [3.63, 3.8) is 0 Å². The third kappa shape index (κ3) is 4.28. The van der Waals surface area contributed by atoms with Gasteiger partial charge < -0.3 is 15.5 Å². The summed E-state index contributed by atoms with van der Waals surface area (Å²) in [5.74, 6) is -0.204. The molecule has 0 spiro atoms. The minimum absolute atomic E-state index is 0.00600. The van der Waals surface area contributed by atoms with Crippen LogP contribution in [-0.2, 0) is 4.79 Å². The maximum Gasteiger partial charge on any atom is 0.262 e. The molecule has 0 aromatic carbocycles. The molecule has 7 heteroatoms. The summed E-state index contributed by atoms with van der Waals surface area (Å²) in [7, 11) is 1.95. The lowest BCUT2D eigenvalue weighted by atomic mass is 10.0. The Hall–Kier alpha value is -0.920. The van der Waals surface area contributed by atoms with Crippen molar-refractivity contribution in [3.8, 4) is 0 Å². The average molecular weight is 374 g/mol. The molecular formula is C14H20BrN3O2S. The van der Waals surface area contributed by atoms with E-state index >= 15 is 0 Å². The first-order chi connectivity index (χ1) is 10.0. The average Bonchev–Trinajstić information content (AvgIpc) is 2.93. The number of nitrogens with zero attached hydrogens (tertiary/aromatic N) is 1. The van der Waals surface area contributed by atoms with Crippen LogP contribution in [0.5, 0.6) is 0 Å². The van der Waals surface area contributed by atoms with Crippen LogP contribution in [0.1, 0.15) is 29.4 Å². The van der Waals surface area contributed by atoms with Crippen molar-refractivity contribution in [3.05, 3.63) is 20.8 Å². The van der Waals surface area contributed by atoms with Gasteiger partial charge >= 0.3 is 0 Å². The van der Waals surface area contributed by atoms with Crippen molar-refractivity contribution in [2.45, 2.75) is 31.8 Å². The Morgan fingerprint density at radius 1 is 1.38 bits per heavy atom. The molecule has 2 heterocycles. The number of amides is 2. The van der Waals surface area contributed by atoms with Crippen molar-refractivity contribution >= 4 is 39.1 Å². The number of hydrogen-bond donors (Lipinski definition) is 2. The predicted molar refractivity (Wildman–Crippen MR) is 87.6 cm³/mol. The quantitative estimate of drug-likeness (QED) is 0.846. The molecule has 1 atom stereocenters. The number of thiophene rings is 1. The highest BCUT2D eigenvalue weighted by molar-refractivity contribution is 9.11. The summed E-state index contributed by atoms with van der Waals surface area (Å²) in [4.78, 5) is 26.8. The summed E-state index contributed by atoms with van der Waals surface area (Å²) in [6, 6.07) is 3.57. The van der Waals surface area contributed by atoms with Crippen LogP contribution in [0, 0.1) is 0 Å². The van der Waals surface area contributed by atoms with Gasteiger partial charge in [0.15, 0.2) is 0 Å². The first kappa shape index (κ1) is 16.5. The van der Waals surface area contributed by atoms with Crippen LogP contribution in [0.2, 0.25) is 0 Å². The molecule has 1 fully saturated rings. The Labute approximate surface area is 137 Å². The number of carbonyl (C=O) groups excluding carboxylic acids is 2. The summed E-state index contributed by atoms with van der Waals surface area (Å²) in [6.45, 7) is 3.23. The van der Waals surface area contributed by atoms with Crippen molar-refractivity contribution in [2.75, 3.05) is 20.1 Å². The van der Waals surface area contributed by atoms with Gasteiger partial charge in [0.05, 0.1) is 8.66 Å². The van der Waals surface area contributed by atoms with E-state index in [2.05, 4.69) is 26.6 Å². The summed E-state index contributed by atoms with van der Waals surface area (Å²) in [5.41, 5.74) is 0. The molecule has 1 aromatic heterocycles. The molecule has 116 valence electrons. The zero-order valence-corrected chi connectivity index (χ0v) is 14.6. The topological polar surface area (TPSA) is 61.4 Å². The SMILES string of the molecule is CNC1CCN(C(=O)C(C)NC(=O)c2ccc(Br)s2)CC1. The zero-order chi connectivity index (χ0) is 15.4. The molecule has 1 saturated heterocycles. The molecule has 0 radical (unpaired) electrons. The summed E-state index contributed by atoms with van der Waals surface area (Å²) in [6.07, 6.45) is 1.92. The van der Waals surface area contributed by atoms with Gasteiger partial charge in [0.1, 0.15) is 6.04 Å². The fraction of sp³-hybridized carbons (Fsp3) is 0.571. The van der Waals surface area contributed by atoms with E-state index in [-0.39, 0.29) is 11.8 Å². The second-order valence-electron chi connectivity index (χ2n) is 5.19. The molecule has 1 aliphatic heterocycles. The van der Waals surface area contributed by atoms with Crippen LogP contribution in [0.15, 0.2) is 15.9 Å². The van der Waals surface area contributed by atoms with Gasteiger partial charge in [-0.05, 0) is 54.9 Å². The number of piperidine rings is 1. The normalized spacial score (nSPS) is 17.6. The highest BCUT2D eigenvalue weighted by Crippen LogP contribution is 2.22. The molecular weight excluding hydrogens is 354 g/mol. The first-order valence-corrected chi connectivity index (χ1v) is 8.64. The summed E-state index contributed by atoms with van der Waals surface area (Å²) >= 11 is 4.69. The Bertz CT molecular complexity index is 512. The molecule has 0 aliphatic carbocycles. The number of rotatable bonds is 4. The molecule has 1 unspecified atom stereocenters. The van der Waals surface area contributed by atoms with E-state index in [0.717, 1.165) is 29.7 Å². The first-order valence-electron chi connectivity index (χ1n) is 7.03. The maximum atomic E-state index is 12.4. The molecule has 0 bridgehead atoms. The zero-order valence-electron chi connectivity index (χ0n) is 12.2. The third-order valence-corrected chi connectivity index (χ3v) is 5.35. The fourth-order valence-electron chi connectivity index (χ4n) is 2.43. The van der Waals surface area contributed by atoms with Crippen molar-refractivity contribution in [2.24, 2.45) is 0 Å². The van der Waals surface area contributed by atoms with Crippen molar-refractivity contribution < 1.29 is 9.59 Å². The van der Waals surface area contributed by atoms with E-state index in [4.69, 9.17) is 0 Å². The van der Waals surface area contributed by atoms with Gasteiger partial charge in [-0.1, -0.05) is 0 Å². The van der Waals surface area contributed by atoms with Crippen LogP contribution in [0.3, 0.4) is 0 Å². The molecule has 0 saturated carbocycles. The number of carbonyl (C=O) groups is 2. The Morgan fingerprint density at radius 3 is 2.57 bits per heavy atom. The summed E-state index contributed by atoms with van der Waals surface area (Å²) < 4.78 is 0.903. The van der Waals surface area contributed by atoms with Crippen LogP contribution >= 0.6 is 27.3 Å². The van der Waals surface area contributed by atoms with Gasteiger partial charge in [0, 0.05) is 19.1 Å². The molecule has 1 aliphatic rings. The standard InChI is InChI=1S/C14H20BrN3O2S/c1-9(17-13(19)11-3-4-12(15)21-11)14(20)18-7-5-10(16-2)6-8-18/h3-4,9-10,16H,5-8H2,1-2H3,(H,17,19). The lowest BCUT2D eigenvalue weighted by molar-refractivity contribution is -0.133. The number of likely N-dealkylation sites (tertiary alicyclic amines) is 1. The minimum Gasteiger partial charge on any atom is -0.341 e. The largest absolute Gasteiger partial charge is 0.341 e. The van der Waals surface area contributed by atoms with Gasteiger partial charge in [-0.15, -0.1) is 11.3 Å². The minimum atomic E-state index is -0.496. The molecule has 2 N–H and O–H groups in total. The van der Waals surface area contributed by atoms with E-state index in [1.165, 1.54) is 11.3 Å². The van der Waals surface area contributed by atoms with E-state index in [1.54, 1.807) is 13.0 Å². The Morgan fingerprint density at radius 2 is 2.05 bits per heavy atom. The monoisotopic (exact) mass is 373 g/mol. The lowest BCUT2D eigenvalue weighted by Gasteiger charge is -2.33. The second kappa shape index (κ2) is 7.38. The molecule has 5 nitrogen and oxygen atoms in total. The number of hydrogen-bond acceptors (Lipinski definition) is 4. The van der Waals surface area contributed by atoms with E-state index in [0.29, 0.717) is 10.9 Å². The second-order valence-corrected chi connectivity index (χ2v) is 7.65. The van der Waals surface area contributed by atoms with Crippen molar-refractivity contribution in [1.82, 2.24) is 15.5 Å². The van der Waals surface area contributed by atoms with Gasteiger partial charge in [-0.2, -0.15) is 0 Å². The molecule has 1 aromatic rings. The Balaban J connectivity index is 1.86. The fourth-order valence-corrected chi connectivity index (χ4v) is 3.72. The van der Waals surface area contributed by atoms with Crippen molar-refractivity contribution in [1.29, 1.82) is 0 Å². The summed E-state index contributed by atoms with van der Waals surface area (Å²) in [5, 5.41) is 6.01. The molecule has 2 amide bonds. The Kier molecular flexibility index (Phi) is 5.78. The van der Waals surface area contributed by atoms with Gasteiger partial charge in [0.2, 0.25) is 5.91 Å². The maximum absolute atomic E-state index is 12.4. The predicted octanol–water partition coefficient (Wildman–Crippen LogP) is 1.84. The van der Waals surface area contributed by atoms with Crippen LogP contribution in [-0.4, -0.2) is 48.9 Å². The van der Waals surface area contributed by atoms with E-state index < -0.39 is 6.04 Å². The highest BCUT2D eigenvalue weighted by atomic mass is 79.9. The molecule has 2 rings (SSSR count). The van der Waals surface area contributed by atoms with Gasteiger partial charge in [-0.25, -0.2) is 0 Å². The van der Waals surface area contributed by atoms with Crippen LogP contribution in [0.25, 0.3) is 0 Å². The third-order valence-electron chi connectivity index (χ3n) is 3.73. The lowest BCUT2D eigenvalue weighted by Crippen LogP contribution is -2.51. The molecule has 21 heavy (non-hydrogen) atoms. The van der Waals surface area contributed by atoms with E-state index in [9.17, 15) is 9.59 Å². The number of halogens is 1. The van der Waals surface area contributed by atoms with Gasteiger partial charge in [-0.3, -0.25) is 9.59 Å². The smallest absolute Gasteiger partial charge is 0.262 e. The van der Waals surface area contributed by atoms with Crippen LogP contribution < -0.4 is 10.6 Å². The highest BCUT2D eigenvalue weighted by Gasteiger charge is 2.26. The van der Waals surface area contributed by atoms with Crippen LogP contribution in [0.4, 0.5) is 0 Å². The van der Waals surface area contributed by atoms with Gasteiger partial charge in [0.25, 0.3) is 5.91 Å².